The van der Waals surface area contributed by atoms with Crippen molar-refractivity contribution in [1.82, 2.24) is 0 Å². The van der Waals surface area contributed by atoms with Crippen molar-refractivity contribution in [2.75, 3.05) is 39.8 Å². The first-order chi connectivity index (χ1) is 10.7. The predicted molar refractivity (Wildman–Crippen MR) is 89.1 cm³/mol. The van der Waals surface area contributed by atoms with Crippen LogP contribution in [-0.4, -0.2) is 39.6 Å². The first-order valence-corrected chi connectivity index (χ1v) is 8.16. The zero-order valence-electron chi connectivity index (χ0n) is 13.8. The number of methoxy groups -OCH3 is 2. The molecule has 1 fully saturated rings. The van der Waals surface area contributed by atoms with Gasteiger partial charge in [0.2, 0.25) is 0 Å². The molecule has 22 heavy (non-hydrogen) atoms. The maximum atomic E-state index is 6.17. The molecule has 1 saturated heterocycles. The van der Waals surface area contributed by atoms with Gasteiger partial charge in [-0.3, -0.25) is 0 Å². The lowest BCUT2D eigenvalue weighted by Crippen LogP contribution is -2.43. The highest BCUT2D eigenvalue weighted by Gasteiger charge is 2.37. The fraction of sp³-hybridized carbons (Fsp3) is 0.667. The molecule has 0 aromatic heterocycles. The van der Waals surface area contributed by atoms with Gasteiger partial charge in [-0.05, 0) is 55.7 Å². The molecule has 2 rings (SSSR count). The number of nitrogens with two attached hydrogens (primary N) is 1. The summed E-state index contributed by atoms with van der Waals surface area (Å²) in [6.07, 6.45) is 5.27. The first kappa shape index (κ1) is 17.3. The van der Waals surface area contributed by atoms with Crippen LogP contribution in [0.2, 0.25) is 0 Å². The molecule has 0 radical (unpaired) electrons. The van der Waals surface area contributed by atoms with Gasteiger partial charge in [-0.15, -0.1) is 0 Å². The van der Waals surface area contributed by atoms with Gasteiger partial charge in [0.05, 0.1) is 12.2 Å². The third-order valence-electron chi connectivity index (χ3n) is 4.54. The average Bonchev–Trinajstić information content (AvgIpc) is 2.53. The van der Waals surface area contributed by atoms with Gasteiger partial charge in [-0.2, -0.15) is 0 Å². The van der Waals surface area contributed by atoms with Crippen molar-refractivity contribution in [1.29, 1.82) is 0 Å². The van der Waals surface area contributed by atoms with Crippen LogP contribution < -0.4 is 5.73 Å². The smallest absolute Gasteiger partial charge is 0.0920 e. The molecule has 0 aliphatic carbocycles. The molecule has 124 valence electrons. The standard InChI is InChI=1S/C18H29NO3/c1-20-11-4-3-10-18(14-21-2)13-16(9-12-22-18)15-5-7-17(19)8-6-15/h5-8,16H,3-4,9-14,19H2,1-2H3/t16-,18-/m0/s1. The Morgan fingerprint density at radius 2 is 1.95 bits per heavy atom. The summed E-state index contributed by atoms with van der Waals surface area (Å²) in [6.45, 7) is 2.26. The van der Waals surface area contributed by atoms with Gasteiger partial charge in [0, 0.05) is 33.1 Å². The molecule has 4 nitrogen and oxygen atoms in total. The lowest BCUT2D eigenvalue weighted by Gasteiger charge is -2.41. The normalized spacial score (nSPS) is 25.3. The zero-order chi connectivity index (χ0) is 15.8. The van der Waals surface area contributed by atoms with Crippen molar-refractivity contribution < 1.29 is 14.2 Å². The number of rotatable bonds is 8. The zero-order valence-corrected chi connectivity index (χ0v) is 13.8. The van der Waals surface area contributed by atoms with E-state index in [0.717, 1.165) is 51.0 Å². The van der Waals surface area contributed by atoms with Crippen LogP contribution in [0.1, 0.15) is 43.6 Å². The SMILES string of the molecule is COCCCC[C@@]1(COC)C[C@@H](c2ccc(N)cc2)CCO1. The van der Waals surface area contributed by atoms with Gasteiger partial charge in [-0.25, -0.2) is 0 Å². The van der Waals surface area contributed by atoms with E-state index >= 15 is 0 Å². The van der Waals surface area contributed by atoms with Crippen molar-refractivity contribution in [2.45, 2.75) is 43.6 Å². The second-order valence-electron chi connectivity index (χ2n) is 6.27. The van der Waals surface area contributed by atoms with Crippen molar-refractivity contribution >= 4 is 5.69 Å². The maximum absolute atomic E-state index is 6.17. The van der Waals surface area contributed by atoms with Gasteiger partial charge >= 0.3 is 0 Å². The number of hydrogen-bond acceptors (Lipinski definition) is 4. The van der Waals surface area contributed by atoms with E-state index in [9.17, 15) is 0 Å². The topological polar surface area (TPSA) is 53.7 Å². The Hall–Kier alpha value is -1.10. The van der Waals surface area contributed by atoms with E-state index in [-0.39, 0.29) is 5.60 Å². The molecule has 1 aliphatic heterocycles. The van der Waals surface area contributed by atoms with Crippen LogP contribution in [-0.2, 0) is 14.2 Å². The molecule has 0 bridgehead atoms. The highest BCUT2D eigenvalue weighted by molar-refractivity contribution is 5.40. The van der Waals surface area contributed by atoms with E-state index in [0.29, 0.717) is 12.5 Å². The highest BCUT2D eigenvalue weighted by Crippen LogP contribution is 2.39. The Bertz CT molecular complexity index is 430. The Balaban J connectivity index is 2.01. The quantitative estimate of drug-likeness (QED) is 0.591. The van der Waals surface area contributed by atoms with Gasteiger partial charge in [0.15, 0.2) is 0 Å². The third-order valence-corrected chi connectivity index (χ3v) is 4.54. The van der Waals surface area contributed by atoms with Crippen molar-refractivity contribution in [3.05, 3.63) is 29.8 Å². The monoisotopic (exact) mass is 307 g/mol. The number of nitrogen functional groups attached to an aromatic ring is 1. The van der Waals surface area contributed by atoms with E-state index in [1.807, 2.05) is 12.1 Å². The third kappa shape index (κ3) is 4.70. The molecule has 1 aliphatic rings. The number of unbranched alkanes of at least 4 members (excludes halogenated alkanes) is 1. The summed E-state index contributed by atoms with van der Waals surface area (Å²) in [4.78, 5) is 0. The summed E-state index contributed by atoms with van der Waals surface area (Å²) < 4.78 is 16.8. The predicted octanol–water partition coefficient (Wildman–Crippen LogP) is 3.36. The second-order valence-corrected chi connectivity index (χ2v) is 6.27. The second kappa shape index (κ2) is 8.51. The van der Waals surface area contributed by atoms with Crippen molar-refractivity contribution in [3.8, 4) is 0 Å². The number of hydrogen-bond donors (Lipinski definition) is 1. The van der Waals surface area contributed by atoms with E-state index in [1.54, 1.807) is 14.2 Å². The first-order valence-electron chi connectivity index (χ1n) is 8.16. The summed E-state index contributed by atoms with van der Waals surface area (Å²) in [5, 5.41) is 0. The Kier molecular flexibility index (Phi) is 6.68. The lowest BCUT2D eigenvalue weighted by atomic mass is 9.79. The van der Waals surface area contributed by atoms with Gasteiger partial charge < -0.3 is 19.9 Å². The van der Waals surface area contributed by atoms with Crippen molar-refractivity contribution in [3.63, 3.8) is 0 Å². The molecular weight excluding hydrogens is 278 g/mol. The van der Waals surface area contributed by atoms with Gasteiger partial charge in [0.1, 0.15) is 0 Å². The minimum atomic E-state index is -0.160. The van der Waals surface area contributed by atoms with E-state index in [2.05, 4.69) is 12.1 Å². The Labute approximate surface area is 133 Å². The molecule has 0 amide bonds. The van der Waals surface area contributed by atoms with E-state index in [1.165, 1.54) is 5.56 Å². The summed E-state index contributed by atoms with van der Waals surface area (Å²) in [7, 11) is 3.51. The number of ether oxygens (including phenoxy) is 3. The van der Waals surface area contributed by atoms with Gasteiger partial charge in [-0.1, -0.05) is 12.1 Å². The minimum Gasteiger partial charge on any atom is -0.399 e. The number of benzene rings is 1. The van der Waals surface area contributed by atoms with Crippen LogP contribution in [0, 0.1) is 0 Å². The molecule has 1 aromatic rings. The van der Waals surface area contributed by atoms with Crippen LogP contribution >= 0.6 is 0 Å². The summed E-state index contributed by atoms with van der Waals surface area (Å²) in [5.74, 6) is 0.520. The molecule has 1 heterocycles. The fourth-order valence-corrected chi connectivity index (χ4v) is 3.38. The molecule has 2 N–H and O–H groups in total. The average molecular weight is 307 g/mol. The number of anilines is 1. The lowest BCUT2D eigenvalue weighted by molar-refractivity contribution is -0.127. The fourth-order valence-electron chi connectivity index (χ4n) is 3.38. The van der Waals surface area contributed by atoms with E-state index < -0.39 is 0 Å². The van der Waals surface area contributed by atoms with Crippen LogP contribution in [0.3, 0.4) is 0 Å². The molecule has 0 unspecified atom stereocenters. The Morgan fingerprint density at radius 3 is 2.64 bits per heavy atom. The van der Waals surface area contributed by atoms with Crippen molar-refractivity contribution in [2.24, 2.45) is 0 Å². The summed E-state index contributed by atoms with van der Waals surface area (Å²) in [6, 6.07) is 8.27. The molecule has 2 atom stereocenters. The summed E-state index contributed by atoms with van der Waals surface area (Å²) in [5.41, 5.74) is 7.81. The van der Waals surface area contributed by atoms with Crippen LogP contribution in [0.25, 0.3) is 0 Å². The Morgan fingerprint density at radius 1 is 1.18 bits per heavy atom. The van der Waals surface area contributed by atoms with Gasteiger partial charge in [0.25, 0.3) is 0 Å². The van der Waals surface area contributed by atoms with Crippen LogP contribution in [0.15, 0.2) is 24.3 Å². The molecule has 0 spiro atoms. The minimum absolute atomic E-state index is 0.160. The van der Waals surface area contributed by atoms with E-state index in [4.69, 9.17) is 19.9 Å². The maximum Gasteiger partial charge on any atom is 0.0920 e. The highest BCUT2D eigenvalue weighted by atomic mass is 16.5. The molecule has 1 aromatic carbocycles. The van der Waals surface area contributed by atoms with Crippen LogP contribution in [0.5, 0.6) is 0 Å². The molecular formula is C18H29NO3. The molecule has 0 saturated carbocycles. The molecule has 4 heteroatoms. The largest absolute Gasteiger partial charge is 0.399 e. The summed E-state index contributed by atoms with van der Waals surface area (Å²) >= 11 is 0. The van der Waals surface area contributed by atoms with Crippen LogP contribution in [0.4, 0.5) is 5.69 Å².